The van der Waals surface area contributed by atoms with Crippen molar-refractivity contribution in [3.8, 4) is 0 Å². The summed E-state index contributed by atoms with van der Waals surface area (Å²) in [6.07, 6.45) is 4.13. The summed E-state index contributed by atoms with van der Waals surface area (Å²) in [7, 11) is 0. The molecular formula is C12H20N4O2S. The molecule has 2 unspecified atom stereocenters. The van der Waals surface area contributed by atoms with Crippen LogP contribution in [-0.2, 0) is 0 Å². The van der Waals surface area contributed by atoms with Gasteiger partial charge in [0.25, 0.3) is 11.7 Å². The normalized spacial score (nSPS) is 20.4. The van der Waals surface area contributed by atoms with Gasteiger partial charge in [0.1, 0.15) is 0 Å². The Morgan fingerprint density at radius 3 is 3.21 bits per heavy atom. The summed E-state index contributed by atoms with van der Waals surface area (Å²) < 4.78 is 5.14. The molecule has 0 aliphatic carbocycles. The zero-order valence-corrected chi connectivity index (χ0v) is 12.1. The predicted octanol–water partition coefficient (Wildman–Crippen LogP) is 1.22. The molecular weight excluding hydrogens is 264 g/mol. The van der Waals surface area contributed by atoms with Crippen LogP contribution in [0.5, 0.6) is 0 Å². The van der Waals surface area contributed by atoms with Crippen molar-refractivity contribution < 1.29 is 9.32 Å². The van der Waals surface area contributed by atoms with E-state index >= 15 is 0 Å². The van der Waals surface area contributed by atoms with Crippen LogP contribution in [0.15, 0.2) is 4.52 Å². The van der Waals surface area contributed by atoms with Crippen molar-refractivity contribution in [3.63, 3.8) is 0 Å². The lowest BCUT2D eigenvalue weighted by Gasteiger charge is -2.09. The van der Waals surface area contributed by atoms with E-state index in [1.807, 2.05) is 0 Å². The highest BCUT2D eigenvalue weighted by molar-refractivity contribution is 7.98. The molecule has 0 spiro atoms. The Labute approximate surface area is 117 Å². The van der Waals surface area contributed by atoms with Crippen LogP contribution in [0.4, 0.5) is 0 Å². The van der Waals surface area contributed by atoms with Crippen molar-refractivity contribution in [1.29, 1.82) is 0 Å². The third-order valence-corrected chi connectivity index (χ3v) is 3.97. The Balaban J connectivity index is 1.85. The Kier molecular flexibility index (Phi) is 5.21. The molecule has 0 saturated carbocycles. The number of thioether (sulfide) groups is 1. The minimum absolute atomic E-state index is 0.101. The van der Waals surface area contributed by atoms with E-state index in [9.17, 15) is 4.79 Å². The zero-order chi connectivity index (χ0) is 13.7. The van der Waals surface area contributed by atoms with E-state index in [0.717, 1.165) is 25.1 Å². The third-order valence-electron chi connectivity index (χ3n) is 3.07. The first kappa shape index (κ1) is 14.3. The van der Waals surface area contributed by atoms with Gasteiger partial charge in [0.15, 0.2) is 0 Å². The second-order valence-electron chi connectivity index (χ2n) is 4.88. The first-order chi connectivity index (χ1) is 9.20. The van der Waals surface area contributed by atoms with Crippen LogP contribution in [0.1, 0.15) is 42.3 Å². The number of amides is 1. The SMILES string of the molecule is CSCC(C)CNC(=O)c1noc(C2CCCN2)n1. The van der Waals surface area contributed by atoms with Crippen LogP contribution in [0, 0.1) is 5.92 Å². The van der Waals surface area contributed by atoms with Gasteiger partial charge >= 0.3 is 0 Å². The van der Waals surface area contributed by atoms with E-state index in [1.165, 1.54) is 0 Å². The van der Waals surface area contributed by atoms with E-state index in [0.29, 0.717) is 18.4 Å². The number of rotatable bonds is 6. The lowest BCUT2D eigenvalue weighted by atomic mass is 10.2. The van der Waals surface area contributed by atoms with Crippen molar-refractivity contribution in [2.75, 3.05) is 25.1 Å². The molecule has 0 radical (unpaired) electrons. The lowest BCUT2D eigenvalue weighted by molar-refractivity contribution is 0.0936. The molecule has 1 fully saturated rings. The van der Waals surface area contributed by atoms with Gasteiger partial charge in [0, 0.05) is 6.54 Å². The molecule has 2 heterocycles. The van der Waals surface area contributed by atoms with E-state index < -0.39 is 0 Å². The van der Waals surface area contributed by atoms with Crippen LogP contribution < -0.4 is 10.6 Å². The van der Waals surface area contributed by atoms with Crippen molar-refractivity contribution >= 4 is 17.7 Å². The molecule has 6 nitrogen and oxygen atoms in total. The van der Waals surface area contributed by atoms with Gasteiger partial charge < -0.3 is 15.2 Å². The molecule has 2 atom stereocenters. The number of hydrogen-bond acceptors (Lipinski definition) is 6. The number of carbonyl (C=O) groups is 1. The van der Waals surface area contributed by atoms with E-state index in [4.69, 9.17) is 4.52 Å². The highest BCUT2D eigenvalue weighted by Crippen LogP contribution is 2.20. The highest BCUT2D eigenvalue weighted by atomic mass is 32.2. The molecule has 1 aliphatic rings. The van der Waals surface area contributed by atoms with Crippen molar-refractivity contribution in [3.05, 3.63) is 11.7 Å². The molecule has 7 heteroatoms. The number of nitrogens with one attached hydrogen (secondary N) is 2. The maximum Gasteiger partial charge on any atom is 0.292 e. The van der Waals surface area contributed by atoms with Gasteiger partial charge in [0.05, 0.1) is 6.04 Å². The summed E-state index contributed by atoms with van der Waals surface area (Å²) >= 11 is 1.77. The van der Waals surface area contributed by atoms with Crippen molar-refractivity contribution in [2.24, 2.45) is 5.92 Å². The lowest BCUT2D eigenvalue weighted by Crippen LogP contribution is -2.30. The van der Waals surface area contributed by atoms with E-state index in [-0.39, 0.29) is 17.8 Å². The monoisotopic (exact) mass is 284 g/mol. The van der Waals surface area contributed by atoms with Crippen LogP contribution in [0.25, 0.3) is 0 Å². The third kappa shape index (κ3) is 3.94. The minimum Gasteiger partial charge on any atom is -0.349 e. The second kappa shape index (κ2) is 6.91. The predicted molar refractivity (Wildman–Crippen MR) is 74.2 cm³/mol. The van der Waals surface area contributed by atoms with E-state index in [2.05, 4.69) is 34.0 Å². The number of hydrogen-bond donors (Lipinski definition) is 2. The van der Waals surface area contributed by atoms with Crippen LogP contribution in [0.3, 0.4) is 0 Å². The highest BCUT2D eigenvalue weighted by Gasteiger charge is 2.24. The van der Waals surface area contributed by atoms with Gasteiger partial charge in [-0.25, -0.2) is 0 Å². The molecule has 0 aromatic carbocycles. The Bertz CT molecular complexity index is 418. The Morgan fingerprint density at radius 2 is 2.53 bits per heavy atom. The molecule has 0 bridgehead atoms. The van der Waals surface area contributed by atoms with Crippen LogP contribution in [-0.4, -0.2) is 41.1 Å². The second-order valence-corrected chi connectivity index (χ2v) is 5.79. The fraction of sp³-hybridized carbons (Fsp3) is 0.750. The maximum atomic E-state index is 11.9. The van der Waals surface area contributed by atoms with Crippen LogP contribution in [0.2, 0.25) is 0 Å². The summed E-state index contributed by atoms with van der Waals surface area (Å²) in [6, 6.07) is 0.101. The number of aromatic nitrogens is 2. The molecule has 106 valence electrons. The maximum absolute atomic E-state index is 11.9. The summed E-state index contributed by atoms with van der Waals surface area (Å²) in [5, 5.41) is 9.83. The molecule has 1 amide bonds. The standard InChI is InChI=1S/C12H20N4O2S/c1-8(7-19-2)6-14-11(17)10-15-12(18-16-10)9-4-3-5-13-9/h8-9,13H,3-7H2,1-2H3,(H,14,17). The summed E-state index contributed by atoms with van der Waals surface area (Å²) in [4.78, 5) is 16.0. The number of nitrogens with zero attached hydrogens (tertiary/aromatic N) is 2. The van der Waals surface area contributed by atoms with Gasteiger partial charge in [-0.2, -0.15) is 16.7 Å². The smallest absolute Gasteiger partial charge is 0.292 e. The molecule has 1 aliphatic heterocycles. The summed E-state index contributed by atoms with van der Waals surface area (Å²) in [5.41, 5.74) is 0. The average Bonchev–Trinajstić information content (AvgIpc) is 3.06. The van der Waals surface area contributed by atoms with Gasteiger partial charge in [-0.1, -0.05) is 12.1 Å². The van der Waals surface area contributed by atoms with Crippen molar-refractivity contribution in [1.82, 2.24) is 20.8 Å². The molecule has 19 heavy (non-hydrogen) atoms. The Morgan fingerprint density at radius 1 is 1.68 bits per heavy atom. The van der Waals surface area contributed by atoms with Gasteiger partial charge in [-0.3, -0.25) is 4.79 Å². The van der Waals surface area contributed by atoms with Gasteiger partial charge in [0.2, 0.25) is 5.89 Å². The Hall–Kier alpha value is -1.08. The van der Waals surface area contributed by atoms with E-state index in [1.54, 1.807) is 11.8 Å². The first-order valence-electron chi connectivity index (χ1n) is 6.55. The fourth-order valence-electron chi connectivity index (χ4n) is 2.05. The zero-order valence-electron chi connectivity index (χ0n) is 11.3. The fourth-order valence-corrected chi connectivity index (χ4v) is 2.74. The number of carbonyl (C=O) groups excluding carboxylic acids is 1. The molecule has 1 aromatic rings. The van der Waals surface area contributed by atoms with Crippen molar-refractivity contribution in [2.45, 2.75) is 25.8 Å². The molecule has 2 rings (SSSR count). The summed E-state index contributed by atoms with van der Waals surface area (Å²) in [6.45, 7) is 3.69. The average molecular weight is 284 g/mol. The minimum atomic E-state index is -0.263. The molecule has 1 aromatic heterocycles. The molecule has 2 N–H and O–H groups in total. The topological polar surface area (TPSA) is 80.0 Å². The molecule has 1 saturated heterocycles. The summed E-state index contributed by atoms with van der Waals surface area (Å²) in [5.74, 6) is 1.83. The van der Waals surface area contributed by atoms with Crippen LogP contribution >= 0.6 is 11.8 Å². The van der Waals surface area contributed by atoms with Gasteiger partial charge in [-0.05, 0) is 37.3 Å². The quantitative estimate of drug-likeness (QED) is 0.817. The largest absolute Gasteiger partial charge is 0.349 e. The van der Waals surface area contributed by atoms with Gasteiger partial charge in [-0.15, -0.1) is 0 Å². The first-order valence-corrected chi connectivity index (χ1v) is 7.94.